The minimum absolute atomic E-state index is 0.124. The summed E-state index contributed by atoms with van der Waals surface area (Å²) in [6.45, 7) is 7.25. The summed E-state index contributed by atoms with van der Waals surface area (Å²) in [5.41, 5.74) is 3.08. The number of morpholine rings is 1. The molecule has 1 fully saturated rings. The molecule has 1 amide bonds. The van der Waals surface area contributed by atoms with E-state index in [2.05, 4.69) is 29.0 Å². The van der Waals surface area contributed by atoms with Crippen molar-refractivity contribution in [1.29, 1.82) is 0 Å². The summed E-state index contributed by atoms with van der Waals surface area (Å²) < 4.78 is 11.6. The van der Waals surface area contributed by atoms with Crippen molar-refractivity contribution in [2.75, 3.05) is 18.4 Å². The fourth-order valence-electron chi connectivity index (χ4n) is 4.05. The number of aromatic nitrogens is 1. The highest BCUT2D eigenvalue weighted by Crippen LogP contribution is 2.42. The summed E-state index contributed by atoms with van der Waals surface area (Å²) in [4.78, 5) is 21.6. The maximum absolute atomic E-state index is 12.8. The average Bonchev–Trinajstić information content (AvgIpc) is 3.34. The van der Waals surface area contributed by atoms with Crippen LogP contribution in [0.1, 0.15) is 34.8 Å². The van der Waals surface area contributed by atoms with Gasteiger partial charge in [0.25, 0.3) is 5.91 Å². The molecule has 30 heavy (non-hydrogen) atoms. The van der Waals surface area contributed by atoms with E-state index in [4.69, 9.17) is 9.47 Å². The number of hydrogen-bond donors (Lipinski definition) is 1. The molecule has 1 saturated heterocycles. The number of benzene rings is 1. The van der Waals surface area contributed by atoms with Crippen LogP contribution in [0.15, 0.2) is 35.7 Å². The maximum Gasteiger partial charge on any atom is 0.267 e. The molecule has 2 aliphatic rings. The number of carbonyl (C=O) groups is 1. The van der Waals surface area contributed by atoms with Crippen LogP contribution in [0, 0.1) is 0 Å². The largest absolute Gasteiger partial charge is 0.488 e. The van der Waals surface area contributed by atoms with E-state index in [1.165, 1.54) is 22.7 Å². The number of rotatable bonds is 4. The Hall–Kier alpha value is -2.26. The van der Waals surface area contributed by atoms with Crippen LogP contribution in [0.4, 0.5) is 5.13 Å². The van der Waals surface area contributed by atoms with E-state index in [1.54, 1.807) is 0 Å². The molecular formula is C22H23N3O3S2. The van der Waals surface area contributed by atoms with E-state index in [9.17, 15) is 4.79 Å². The smallest absolute Gasteiger partial charge is 0.267 e. The van der Waals surface area contributed by atoms with Crippen LogP contribution in [0.25, 0.3) is 10.4 Å². The van der Waals surface area contributed by atoms with Crippen LogP contribution in [0.3, 0.4) is 0 Å². The van der Waals surface area contributed by atoms with Gasteiger partial charge in [-0.3, -0.25) is 15.0 Å². The SMILES string of the molecule is C[C@@H]1CN(Cc2csc(NC(=O)c3cc4c(s3)-c3ccccc3OC4)n2)C[C@H](C)O1. The molecule has 2 aliphatic heterocycles. The molecule has 6 nitrogen and oxygen atoms in total. The fourth-order valence-corrected chi connectivity index (χ4v) is 5.84. The van der Waals surface area contributed by atoms with Crippen molar-refractivity contribution in [3.63, 3.8) is 0 Å². The van der Waals surface area contributed by atoms with E-state index in [-0.39, 0.29) is 18.1 Å². The number of carbonyl (C=O) groups excluding carboxylic acids is 1. The molecule has 0 bridgehead atoms. The predicted octanol–water partition coefficient (Wildman–Crippen LogP) is 4.63. The van der Waals surface area contributed by atoms with Crippen molar-refractivity contribution in [1.82, 2.24) is 9.88 Å². The zero-order chi connectivity index (χ0) is 20.7. The number of amides is 1. The highest BCUT2D eigenvalue weighted by Gasteiger charge is 2.24. The summed E-state index contributed by atoms with van der Waals surface area (Å²) >= 11 is 2.97. The predicted molar refractivity (Wildman–Crippen MR) is 119 cm³/mol. The molecule has 5 rings (SSSR count). The third-order valence-electron chi connectivity index (χ3n) is 5.20. The Morgan fingerprint density at radius 1 is 1.27 bits per heavy atom. The molecule has 4 heterocycles. The topological polar surface area (TPSA) is 63.7 Å². The molecule has 0 unspecified atom stereocenters. The lowest BCUT2D eigenvalue weighted by Crippen LogP contribution is -2.44. The molecule has 0 saturated carbocycles. The van der Waals surface area contributed by atoms with Crippen molar-refractivity contribution < 1.29 is 14.3 Å². The fraction of sp³-hybridized carbons (Fsp3) is 0.364. The van der Waals surface area contributed by atoms with Crippen molar-refractivity contribution in [3.8, 4) is 16.2 Å². The Kier molecular flexibility index (Phi) is 5.32. The van der Waals surface area contributed by atoms with Gasteiger partial charge in [0, 0.05) is 41.0 Å². The average molecular weight is 442 g/mol. The quantitative estimate of drug-likeness (QED) is 0.640. The lowest BCUT2D eigenvalue weighted by atomic mass is 10.1. The second-order valence-corrected chi connectivity index (χ2v) is 9.71. The van der Waals surface area contributed by atoms with Gasteiger partial charge < -0.3 is 9.47 Å². The molecule has 0 spiro atoms. The van der Waals surface area contributed by atoms with Crippen LogP contribution in [0.5, 0.6) is 5.75 Å². The van der Waals surface area contributed by atoms with Gasteiger partial charge >= 0.3 is 0 Å². The zero-order valence-corrected chi connectivity index (χ0v) is 18.5. The molecular weight excluding hydrogens is 418 g/mol. The number of para-hydroxylation sites is 1. The molecule has 2 atom stereocenters. The summed E-state index contributed by atoms with van der Waals surface area (Å²) in [7, 11) is 0. The van der Waals surface area contributed by atoms with Gasteiger partial charge in [-0.2, -0.15) is 0 Å². The van der Waals surface area contributed by atoms with Gasteiger partial charge in [-0.1, -0.05) is 12.1 Å². The molecule has 1 N–H and O–H groups in total. The summed E-state index contributed by atoms with van der Waals surface area (Å²) in [6, 6.07) is 9.88. The normalized spacial score (nSPS) is 20.9. The van der Waals surface area contributed by atoms with Crippen LogP contribution >= 0.6 is 22.7 Å². The molecule has 2 aromatic heterocycles. The number of hydrogen-bond acceptors (Lipinski definition) is 7. The third kappa shape index (κ3) is 4.00. The second kappa shape index (κ2) is 8.11. The van der Waals surface area contributed by atoms with Crippen molar-refractivity contribution in [2.24, 2.45) is 0 Å². The first-order chi connectivity index (χ1) is 14.5. The lowest BCUT2D eigenvalue weighted by molar-refractivity contribution is -0.0707. The Morgan fingerprint density at radius 2 is 2.07 bits per heavy atom. The number of ether oxygens (including phenoxy) is 2. The van der Waals surface area contributed by atoms with Gasteiger partial charge in [-0.15, -0.1) is 22.7 Å². The van der Waals surface area contributed by atoms with Crippen LogP contribution in [-0.2, 0) is 17.9 Å². The highest BCUT2D eigenvalue weighted by atomic mass is 32.1. The van der Waals surface area contributed by atoms with E-state index in [1.807, 2.05) is 35.7 Å². The van der Waals surface area contributed by atoms with E-state index >= 15 is 0 Å². The standard InChI is InChI=1S/C22H23N3O3S2/c1-13-8-25(9-14(2)28-13)10-16-12-29-22(23-16)24-21(26)19-7-15-11-27-18-6-4-3-5-17(18)20(15)30-19/h3-7,12-14H,8-11H2,1-2H3,(H,23,24,26)/t13-,14+. The summed E-state index contributed by atoms with van der Waals surface area (Å²) in [5.74, 6) is 0.747. The van der Waals surface area contributed by atoms with Gasteiger partial charge in [-0.25, -0.2) is 4.98 Å². The Labute approximate surface area is 183 Å². The Morgan fingerprint density at radius 3 is 2.90 bits per heavy atom. The minimum atomic E-state index is -0.124. The second-order valence-electron chi connectivity index (χ2n) is 7.80. The summed E-state index contributed by atoms with van der Waals surface area (Å²) in [5, 5.41) is 5.61. The zero-order valence-electron chi connectivity index (χ0n) is 16.9. The Balaban J connectivity index is 1.27. The van der Waals surface area contributed by atoms with Crippen LogP contribution in [0.2, 0.25) is 0 Å². The number of thiophene rings is 1. The first-order valence-electron chi connectivity index (χ1n) is 10.0. The van der Waals surface area contributed by atoms with E-state index in [0.717, 1.165) is 47.1 Å². The highest BCUT2D eigenvalue weighted by molar-refractivity contribution is 7.18. The van der Waals surface area contributed by atoms with Crippen molar-refractivity contribution in [3.05, 3.63) is 51.8 Å². The molecule has 156 valence electrons. The Bertz CT molecular complexity index is 1070. The van der Waals surface area contributed by atoms with Gasteiger partial charge in [0.05, 0.1) is 22.8 Å². The number of nitrogens with one attached hydrogen (secondary N) is 1. The van der Waals surface area contributed by atoms with Crippen LogP contribution in [-0.4, -0.2) is 41.1 Å². The lowest BCUT2D eigenvalue weighted by Gasteiger charge is -2.34. The third-order valence-corrected chi connectivity index (χ3v) is 7.22. The molecule has 3 aromatic rings. The maximum atomic E-state index is 12.8. The molecule has 1 aromatic carbocycles. The number of thiazole rings is 1. The van der Waals surface area contributed by atoms with Crippen molar-refractivity contribution >= 4 is 33.7 Å². The monoisotopic (exact) mass is 441 g/mol. The number of anilines is 1. The van der Waals surface area contributed by atoms with Gasteiger partial charge in [0.15, 0.2) is 5.13 Å². The van der Waals surface area contributed by atoms with Crippen molar-refractivity contribution in [2.45, 2.75) is 39.2 Å². The van der Waals surface area contributed by atoms with Gasteiger partial charge in [-0.05, 0) is 32.0 Å². The number of nitrogens with zero attached hydrogens (tertiary/aromatic N) is 2. The van der Waals surface area contributed by atoms with Gasteiger partial charge in [0.1, 0.15) is 12.4 Å². The molecule has 0 radical (unpaired) electrons. The van der Waals surface area contributed by atoms with E-state index in [0.29, 0.717) is 16.6 Å². The molecule has 8 heteroatoms. The van der Waals surface area contributed by atoms with Crippen LogP contribution < -0.4 is 10.1 Å². The summed E-state index contributed by atoms with van der Waals surface area (Å²) in [6.07, 6.45) is 0.455. The number of fused-ring (bicyclic) bond motifs is 3. The van der Waals surface area contributed by atoms with Gasteiger partial charge in [0.2, 0.25) is 0 Å². The van der Waals surface area contributed by atoms with E-state index < -0.39 is 0 Å². The molecule has 0 aliphatic carbocycles. The first kappa shape index (κ1) is 19.7. The first-order valence-corrected chi connectivity index (χ1v) is 11.7. The minimum Gasteiger partial charge on any atom is -0.488 e.